The molecule has 1 saturated carbocycles. The molecule has 0 N–H and O–H groups in total. The molecule has 1 rings (SSSR count). The zero-order valence-electron chi connectivity index (χ0n) is 11.9. The first-order valence-electron chi connectivity index (χ1n) is 7.23. The van der Waals surface area contributed by atoms with Gasteiger partial charge in [-0.15, -0.1) is 0 Å². The fraction of sp³-hybridized carbons (Fsp3) is 0.929. The Kier molecular flexibility index (Phi) is 5.87. The van der Waals surface area contributed by atoms with E-state index in [1.807, 2.05) is 0 Å². The molecule has 2 atom stereocenters. The van der Waals surface area contributed by atoms with Gasteiger partial charge in [0.05, 0.1) is 0 Å². The molecule has 0 aromatic rings. The standard InChI is InChI=1S/C14H28O2Si/c1-5-17(6-2,7-3)16-9-8-13-10-12(4)11-14(13)15/h12-13H,5-11H2,1-4H3/t12-,13-/m1/s1. The highest BCUT2D eigenvalue weighted by Gasteiger charge is 2.32. The van der Waals surface area contributed by atoms with Crippen LogP contribution in [-0.4, -0.2) is 20.7 Å². The fourth-order valence-corrected chi connectivity index (χ4v) is 5.63. The first-order valence-corrected chi connectivity index (χ1v) is 9.76. The van der Waals surface area contributed by atoms with Crippen LogP contribution in [0.15, 0.2) is 0 Å². The third-order valence-electron chi connectivity index (χ3n) is 4.50. The van der Waals surface area contributed by atoms with E-state index in [2.05, 4.69) is 27.7 Å². The number of carbonyl (C=O) groups is 1. The highest BCUT2D eigenvalue weighted by molar-refractivity contribution is 6.73. The molecule has 0 amide bonds. The normalized spacial score (nSPS) is 25.5. The Morgan fingerprint density at radius 1 is 1.24 bits per heavy atom. The Balaban J connectivity index is 2.34. The SMILES string of the molecule is CC[Si](CC)(CC)OCC[C@@H]1C[C@@H](C)CC1=O. The van der Waals surface area contributed by atoms with E-state index < -0.39 is 8.32 Å². The topological polar surface area (TPSA) is 26.3 Å². The Morgan fingerprint density at radius 3 is 2.24 bits per heavy atom. The molecule has 1 aliphatic carbocycles. The van der Waals surface area contributed by atoms with E-state index in [0.717, 1.165) is 25.9 Å². The van der Waals surface area contributed by atoms with Crippen molar-refractivity contribution >= 4 is 14.1 Å². The van der Waals surface area contributed by atoms with Gasteiger partial charge in [0, 0.05) is 18.9 Å². The monoisotopic (exact) mass is 256 g/mol. The van der Waals surface area contributed by atoms with Crippen molar-refractivity contribution in [1.29, 1.82) is 0 Å². The summed E-state index contributed by atoms with van der Waals surface area (Å²) in [7, 11) is -1.44. The molecule has 0 saturated heterocycles. The molecule has 0 bridgehead atoms. The number of ketones is 1. The number of hydrogen-bond acceptors (Lipinski definition) is 2. The van der Waals surface area contributed by atoms with Gasteiger partial charge >= 0.3 is 0 Å². The molecule has 0 spiro atoms. The molecular formula is C14H28O2Si. The highest BCUT2D eigenvalue weighted by atomic mass is 28.4. The van der Waals surface area contributed by atoms with Crippen molar-refractivity contribution in [3.8, 4) is 0 Å². The molecule has 1 fully saturated rings. The first kappa shape index (κ1) is 14.9. The summed E-state index contributed by atoms with van der Waals surface area (Å²) in [5, 5.41) is 0. The van der Waals surface area contributed by atoms with Crippen LogP contribution in [-0.2, 0) is 9.22 Å². The number of carbonyl (C=O) groups excluding carboxylic acids is 1. The Hall–Kier alpha value is -0.153. The van der Waals surface area contributed by atoms with Crippen LogP contribution in [0.5, 0.6) is 0 Å². The van der Waals surface area contributed by atoms with Crippen molar-refractivity contribution < 1.29 is 9.22 Å². The average molecular weight is 256 g/mol. The smallest absolute Gasteiger partial charge is 0.191 e. The van der Waals surface area contributed by atoms with Gasteiger partial charge in [-0.2, -0.15) is 0 Å². The van der Waals surface area contributed by atoms with Crippen LogP contribution in [0.1, 0.15) is 47.0 Å². The summed E-state index contributed by atoms with van der Waals surface area (Å²) in [6.45, 7) is 9.75. The second-order valence-electron chi connectivity index (χ2n) is 5.59. The minimum atomic E-state index is -1.44. The quantitative estimate of drug-likeness (QED) is 0.643. The molecule has 0 heterocycles. The molecule has 1 aliphatic rings. The van der Waals surface area contributed by atoms with Crippen LogP contribution in [0.25, 0.3) is 0 Å². The summed E-state index contributed by atoms with van der Waals surface area (Å²) in [5.74, 6) is 1.36. The van der Waals surface area contributed by atoms with Crippen molar-refractivity contribution in [3.05, 3.63) is 0 Å². The van der Waals surface area contributed by atoms with Gasteiger partial charge in [-0.3, -0.25) is 4.79 Å². The van der Waals surface area contributed by atoms with Crippen LogP contribution >= 0.6 is 0 Å². The molecule has 17 heavy (non-hydrogen) atoms. The first-order chi connectivity index (χ1) is 8.06. The predicted octanol–water partition coefficient (Wildman–Crippen LogP) is 4.01. The zero-order valence-corrected chi connectivity index (χ0v) is 12.9. The fourth-order valence-electron chi connectivity index (χ4n) is 2.96. The minimum Gasteiger partial charge on any atom is -0.417 e. The lowest BCUT2D eigenvalue weighted by atomic mass is 10.0. The summed E-state index contributed by atoms with van der Waals surface area (Å²) >= 11 is 0. The largest absolute Gasteiger partial charge is 0.417 e. The van der Waals surface area contributed by atoms with Crippen molar-refractivity contribution in [1.82, 2.24) is 0 Å². The zero-order chi connectivity index (χ0) is 12.9. The lowest BCUT2D eigenvalue weighted by Crippen LogP contribution is -2.36. The Labute approximate surface area is 107 Å². The molecule has 2 nitrogen and oxygen atoms in total. The van der Waals surface area contributed by atoms with Crippen LogP contribution < -0.4 is 0 Å². The maximum atomic E-state index is 11.7. The number of rotatable bonds is 7. The van der Waals surface area contributed by atoms with E-state index >= 15 is 0 Å². The van der Waals surface area contributed by atoms with Gasteiger partial charge in [0.15, 0.2) is 8.32 Å². The van der Waals surface area contributed by atoms with E-state index in [-0.39, 0.29) is 0 Å². The molecular weight excluding hydrogens is 228 g/mol. The molecule has 100 valence electrons. The van der Waals surface area contributed by atoms with E-state index in [1.165, 1.54) is 18.1 Å². The van der Waals surface area contributed by atoms with Crippen LogP contribution in [0.4, 0.5) is 0 Å². The molecule has 3 heteroatoms. The van der Waals surface area contributed by atoms with Crippen molar-refractivity contribution in [3.63, 3.8) is 0 Å². The second-order valence-corrected chi connectivity index (χ2v) is 10.4. The lowest BCUT2D eigenvalue weighted by Gasteiger charge is -2.28. The Morgan fingerprint density at radius 2 is 1.82 bits per heavy atom. The van der Waals surface area contributed by atoms with Gasteiger partial charge in [0.2, 0.25) is 0 Å². The van der Waals surface area contributed by atoms with E-state index in [1.54, 1.807) is 0 Å². The van der Waals surface area contributed by atoms with Gasteiger partial charge in [0.1, 0.15) is 5.78 Å². The summed E-state index contributed by atoms with van der Waals surface area (Å²) in [4.78, 5) is 11.7. The summed E-state index contributed by atoms with van der Waals surface area (Å²) in [6.07, 6.45) is 2.83. The molecule has 0 aromatic heterocycles. The summed E-state index contributed by atoms with van der Waals surface area (Å²) < 4.78 is 6.21. The molecule has 0 aliphatic heterocycles. The van der Waals surface area contributed by atoms with Crippen LogP contribution in [0.3, 0.4) is 0 Å². The molecule has 0 aromatic carbocycles. The summed E-state index contributed by atoms with van der Waals surface area (Å²) in [5.41, 5.74) is 0. The highest BCUT2D eigenvalue weighted by Crippen LogP contribution is 2.30. The number of hydrogen-bond donors (Lipinski definition) is 0. The van der Waals surface area contributed by atoms with Crippen molar-refractivity contribution in [2.75, 3.05) is 6.61 Å². The van der Waals surface area contributed by atoms with Gasteiger partial charge < -0.3 is 4.43 Å². The van der Waals surface area contributed by atoms with Crippen LogP contribution in [0.2, 0.25) is 18.1 Å². The molecule has 0 radical (unpaired) electrons. The van der Waals surface area contributed by atoms with E-state index in [0.29, 0.717) is 17.6 Å². The Bertz CT molecular complexity index is 240. The van der Waals surface area contributed by atoms with Crippen molar-refractivity contribution in [2.45, 2.75) is 65.1 Å². The maximum absolute atomic E-state index is 11.7. The third kappa shape index (κ3) is 3.92. The molecule has 0 unspecified atom stereocenters. The van der Waals surface area contributed by atoms with Crippen LogP contribution in [0, 0.1) is 11.8 Å². The maximum Gasteiger partial charge on any atom is 0.191 e. The van der Waals surface area contributed by atoms with E-state index in [9.17, 15) is 4.79 Å². The van der Waals surface area contributed by atoms with E-state index in [4.69, 9.17) is 4.43 Å². The second kappa shape index (κ2) is 6.69. The number of Topliss-reactive ketones (excluding diaryl/α,β-unsaturated/α-hetero) is 1. The van der Waals surface area contributed by atoms with Gasteiger partial charge in [-0.1, -0.05) is 27.7 Å². The minimum absolute atomic E-state index is 0.294. The average Bonchev–Trinajstić information content (AvgIpc) is 2.64. The van der Waals surface area contributed by atoms with Gasteiger partial charge in [-0.05, 0) is 36.9 Å². The van der Waals surface area contributed by atoms with Gasteiger partial charge in [0.25, 0.3) is 0 Å². The van der Waals surface area contributed by atoms with Crippen molar-refractivity contribution in [2.24, 2.45) is 11.8 Å². The third-order valence-corrected chi connectivity index (χ3v) is 9.18. The predicted molar refractivity (Wildman–Crippen MR) is 74.7 cm³/mol. The van der Waals surface area contributed by atoms with Gasteiger partial charge in [-0.25, -0.2) is 0 Å². The summed E-state index contributed by atoms with van der Waals surface area (Å²) in [6, 6.07) is 3.61. The lowest BCUT2D eigenvalue weighted by molar-refractivity contribution is -0.121.